The lowest BCUT2D eigenvalue weighted by Crippen LogP contribution is -2.58. The number of benzene rings is 1. The van der Waals surface area contributed by atoms with E-state index in [0.717, 1.165) is 45.0 Å². The number of ether oxygens (including phenoxy) is 2. The molecule has 1 aromatic carbocycles. The Morgan fingerprint density at radius 2 is 1.80 bits per heavy atom. The van der Waals surface area contributed by atoms with E-state index < -0.39 is 74.3 Å². The zero-order valence-corrected chi connectivity index (χ0v) is 37.5. The van der Waals surface area contributed by atoms with Crippen LogP contribution in [0.15, 0.2) is 30.4 Å². The molecule has 0 spiro atoms. The molecule has 4 aliphatic rings. The Labute approximate surface area is 356 Å². The minimum Gasteiger partial charge on any atom is -0.459 e. The number of aryl methyl sites for hydroxylation is 1. The number of alkyl carbamates (subject to hydrolysis) is 1. The number of nitrogens with zero attached hydrogens (tertiary/aromatic N) is 4. The van der Waals surface area contributed by atoms with Gasteiger partial charge in [-0.2, -0.15) is 4.98 Å². The number of carbonyl (C=O) groups is 4. The SMILES string of the molecule is Cc1sc(-c2cccc3c2nc(O[C@@H]2C[C@H]4C(=O)N[C@]5(C(=O)NS(=O)(=O)C6CC6)C[C@H]5/C=C\CCCCC[C@H](NC(=O)OC(C)(C)C)C(=O)N4C2)n3C(C)C)nc1C(C)C. The van der Waals surface area contributed by atoms with E-state index in [1.807, 2.05) is 48.8 Å². The van der Waals surface area contributed by atoms with Gasteiger partial charge in [-0.3, -0.25) is 23.7 Å². The van der Waals surface area contributed by atoms with Crippen LogP contribution in [0.4, 0.5) is 4.79 Å². The number of rotatable bonds is 9. The number of amides is 4. The number of carbonyl (C=O) groups excluding carboxylic acids is 4. The standard InChI is InChI=1S/C43H59N7O8S2/c1-24(2)34-26(5)59-37(45-34)30-16-14-18-32-35(30)46-40(50(32)25(3)4)57-28-21-33-36(51)47-43(39(53)48-60(55,56)29-19-20-29)22-27(43)15-12-10-9-11-13-17-31(38(52)49(33)23-28)44-41(54)58-42(6,7)8/h12,14-16,18,24-25,27-29,31,33H,9-11,13,17,19-23H2,1-8H3,(H,44,54)(H,47,51)(H,48,53)/b15-12-/t27-,28-,31+,33+,43-/m1/s1. The summed E-state index contributed by atoms with van der Waals surface area (Å²) >= 11 is 1.62. The van der Waals surface area contributed by atoms with E-state index in [4.69, 9.17) is 19.4 Å². The Morgan fingerprint density at radius 3 is 2.47 bits per heavy atom. The van der Waals surface area contributed by atoms with Gasteiger partial charge in [-0.1, -0.05) is 44.9 Å². The van der Waals surface area contributed by atoms with Gasteiger partial charge >= 0.3 is 6.09 Å². The zero-order chi connectivity index (χ0) is 43.3. The second-order valence-corrected chi connectivity index (χ2v) is 21.5. The summed E-state index contributed by atoms with van der Waals surface area (Å²) in [5.74, 6) is -2.06. The number of allylic oxidation sites excluding steroid dienone is 1. The van der Waals surface area contributed by atoms with Crippen LogP contribution in [0, 0.1) is 12.8 Å². The fraction of sp³-hybridized carbons (Fsp3) is 0.628. The minimum atomic E-state index is -3.90. The summed E-state index contributed by atoms with van der Waals surface area (Å²) < 4.78 is 42.4. The number of sulfonamides is 1. The number of nitrogens with one attached hydrogen (secondary N) is 3. The maximum atomic E-state index is 14.7. The Balaban J connectivity index is 1.23. The molecule has 2 aliphatic carbocycles. The highest BCUT2D eigenvalue weighted by atomic mass is 32.2. The van der Waals surface area contributed by atoms with Crippen molar-refractivity contribution in [3.8, 4) is 16.6 Å². The van der Waals surface area contributed by atoms with Crippen molar-refractivity contribution in [1.82, 2.24) is 34.8 Å². The molecule has 5 atom stereocenters. The summed E-state index contributed by atoms with van der Waals surface area (Å²) in [4.78, 5) is 68.9. The first-order valence-electron chi connectivity index (χ1n) is 21.3. The van der Waals surface area contributed by atoms with Gasteiger partial charge in [0.2, 0.25) is 21.8 Å². The summed E-state index contributed by atoms with van der Waals surface area (Å²) in [7, 11) is -3.90. The van der Waals surface area contributed by atoms with Crippen LogP contribution in [0.2, 0.25) is 0 Å². The number of hydrogen-bond acceptors (Lipinski definition) is 11. The second kappa shape index (κ2) is 16.7. The first kappa shape index (κ1) is 43.6. The van der Waals surface area contributed by atoms with Crippen molar-refractivity contribution in [2.75, 3.05) is 6.54 Å². The van der Waals surface area contributed by atoms with E-state index >= 15 is 0 Å². The normalized spacial score (nSPS) is 25.9. The molecule has 2 aliphatic heterocycles. The highest BCUT2D eigenvalue weighted by Gasteiger charge is 2.62. The molecule has 2 aromatic heterocycles. The Kier molecular flexibility index (Phi) is 12.2. The average molecular weight is 866 g/mol. The van der Waals surface area contributed by atoms with Crippen LogP contribution in [0.3, 0.4) is 0 Å². The molecule has 2 saturated carbocycles. The van der Waals surface area contributed by atoms with Crippen LogP contribution in [-0.2, 0) is 29.1 Å². The molecule has 4 heterocycles. The van der Waals surface area contributed by atoms with Crippen LogP contribution in [0.1, 0.15) is 129 Å². The van der Waals surface area contributed by atoms with Crippen molar-refractivity contribution in [2.24, 2.45) is 5.92 Å². The summed E-state index contributed by atoms with van der Waals surface area (Å²) in [6.07, 6.45) is 6.76. The first-order chi connectivity index (χ1) is 28.3. The number of hydrogen-bond donors (Lipinski definition) is 3. The highest BCUT2D eigenvalue weighted by molar-refractivity contribution is 7.91. The van der Waals surface area contributed by atoms with Gasteiger partial charge in [0.1, 0.15) is 39.9 Å². The van der Waals surface area contributed by atoms with Gasteiger partial charge in [0, 0.05) is 28.8 Å². The smallest absolute Gasteiger partial charge is 0.408 e. The monoisotopic (exact) mass is 865 g/mol. The summed E-state index contributed by atoms with van der Waals surface area (Å²) in [5, 5.41) is 5.92. The Hall–Kier alpha value is -4.51. The molecule has 0 unspecified atom stereocenters. The molecule has 326 valence electrons. The van der Waals surface area contributed by atoms with Crippen LogP contribution < -0.4 is 20.1 Å². The zero-order valence-electron chi connectivity index (χ0n) is 35.9. The third-order valence-corrected chi connectivity index (χ3v) is 14.5. The molecular weight excluding hydrogens is 807 g/mol. The molecule has 7 rings (SSSR count). The van der Waals surface area contributed by atoms with Gasteiger partial charge in [-0.15, -0.1) is 11.3 Å². The second-order valence-electron chi connectivity index (χ2n) is 18.3. The molecule has 4 amide bonds. The van der Waals surface area contributed by atoms with Crippen LogP contribution in [0.25, 0.3) is 21.6 Å². The van der Waals surface area contributed by atoms with Crippen molar-refractivity contribution >= 4 is 56.2 Å². The van der Waals surface area contributed by atoms with Crippen molar-refractivity contribution in [3.63, 3.8) is 0 Å². The molecule has 15 nitrogen and oxygen atoms in total. The summed E-state index contributed by atoms with van der Waals surface area (Å²) in [6.45, 7) is 15.6. The van der Waals surface area contributed by atoms with Gasteiger partial charge < -0.3 is 25.0 Å². The molecule has 3 aromatic rings. The molecule has 17 heteroatoms. The van der Waals surface area contributed by atoms with Crippen molar-refractivity contribution in [2.45, 2.75) is 160 Å². The molecule has 0 bridgehead atoms. The third kappa shape index (κ3) is 9.21. The van der Waals surface area contributed by atoms with Crippen molar-refractivity contribution in [3.05, 3.63) is 40.9 Å². The summed E-state index contributed by atoms with van der Waals surface area (Å²) in [5.41, 5.74) is 1.16. The van der Waals surface area contributed by atoms with Crippen LogP contribution in [-0.4, -0.2) is 92.8 Å². The number of fused-ring (bicyclic) bond motifs is 3. The number of imidazole rings is 1. The van der Waals surface area contributed by atoms with Crippen molar-refractivity contribution in [1.29, 1.82) is 0 Å². The van der Waals surface area contributed by atoms with Crippen molar-refractivity contribution < 1.29 is 37.1 Å². The van der Waals surface area contributed by atoms with E-state index in [-0.39, 0.29) is 31.3 Å². The van der Waals surface area contributed by atoms with Crippen LogP contribution >= 0.6 is 11.3 Å². The lowest BCUT2D eigenvalue weighted by molar-refractivity contribution is -0.141. The quantitative estimate of drug-likeness (QED) is 0.203. The molecule has 0 radical (unpaired) electrons. The van der Waals surface area contributed by atoms with E-state index in [9.17, 15) is 27.6 Å². The Morgan fingerprint density at radius 1 is 1.05 bits per heavy atom. The van der Waals surface area contributed by atoms with Gasteiger partial charge in [-0.05, 0) is 98.1 Å². The topological polar surface area (TPSA) is 191 Å². The first-order valence-corrected chi connectivity index (χ1v) is 23.6. The maximum absolute atomic E-state index is 14.7. The Bertz CT molecular complexity index is 2290. The number of para-hydroxylation sites is 1. The maximum Gasteiger partial charge on any atom is 0.408 e. The predicted molar refractivity (Wildman–Crippen MR) is 229 cm³/mol. The number of aromatic nitrogens is 3. The lowest BCUT2D eigenvalue weighted by atomic mass is 10.0. The third-order valence-electron chi connectivity index (χ3n) is 11.6. The molecule has 60 heavy (non-hydrogen) atoms. The molecular formula is C43H59N7O8S2. The van der Waals surface area contributed by atoms with E-state index in [1.165, 1.54) is 4.90 Å². The predicted octanol–water partition coefficient (Wildman–Crippen LogP) is 6.42. The molecule has 1 saturated heterocycles. The van der Waals surface area contributed by atoms with Gasteiger partial charge in [0.05, 0.1) is 23.0 Å². The van der Waals surface area contributed by atoms with Gasteiger partial charge in [0.15, 0.2) is 0 Å². The van der Waals surface area contributed by atoms with Crippen LogP contribution in [0.5, 0.6) is 6.01 Å². The fourth-order valence-corrected chi connectivity index (χ4v) is 10.8. The lowest BCUT2D eigenvalue weighted by Gasteiger charge is -2.30. The van der Waals surface area contributed by atoms with Gasteiger partial charge in [0.25, 0.3) is 11.9 Å². The highest BCUT2D eigenvalue weighted by Crippen LogP contribution is 2.46. The molecule has 3 N–H and O–H groups in total. The van der Waals surface area contributed by atoms with E-state index in [1.54, 1.807) is 32.1 Å². The van der Waals surface area contributed by atoms with Gasteiger partial charge in [-0.25, -0.2) is 18.2 Å². The van der Waals surface area contributed by atoms with E-state index in [0.29, 0.717) is 38.1 Å². The largest absolute Gasteiger partial charge is 0.459 e. The number of thiazole rings is 1. The molecule has 3 fully saturated rings. The average Bonchev–Trinajstić information content (AvgIpc) is 4.00. The fourth-order valence-electron chi connectivity index (χ4n) is 8.36. The van der Waals surface area contributed by atoms with E-state index in [2.05, 4.69) is 36.1 Å². The summed E-state index contributed by atoms with van der Waals surface area (Å²) in [6, 6.07) is 4.08. The minimum absolute atomic E-state index is 0.0143.